The van der Waals surface area contributed by atoms with Crippen LogP contribution in [-0.2, 0) is 14.3 Å². The number of aliphatic carboxylic acids is 1. The monoisotopic (exact) mass is 545 g/mol. The first-order chi connectivity index (χ1) is 18.7. The molecule has 1 heterocycles. The molecule has 1 aliphatic rings. The molecule has 1 aliphatic heterocycles. The average Bonchev–Trinajstić information content (AvgIpc) is 2.89. The van der Waals surface area contributed by atoms with Crippen LogP contribution in [0.5, 0.6) is 5.75 Å². The SMILES string of the molecule is CCOc1ccc(NC(=O)Nc2cc(C(COC)CC(=O)O)ccc2N(CC(C)C)C2CCOCC2)c(F)c1. The zero-order chi connectivity index (χ0) is 28.4. The van der Waals surface area contributed by atoms with Crippen LogP contribution in [0, 0.1) is 11.7 Å². The standard InChI is InChI=1S/C29H40FN3O6/c1-5-39-23-7-8-25(24(30)16-23)31-29(36)32-26-14-20(21(18-37-4)15-28(34)35)6-9-27(26)33(17-19(2)3)22-10-12-38-13-11-22/h6-9,14,16,19,21-22H,5,10-13,15,17-18H2,1-4H3,(H,34,35)(H2,31,32,36). The molecule has 2 aromatic carbocycles. The minimum atomic E-state index is -0.942. The van der Waals surface area contributed by atoms with Crippen LogP contribution in [0.15, 0.2) is 36.4 Å². The second-order valence-corrected chi connectivity index (χ2v) is 10.1. The molecule has 1 fully saturated rings. The molecule has 0 aliphatic carbocycles. The van der Waals surface area contributed by atoms with Gasteiger partial charge in [0.15, 0.2) is 0 Å². The van der Waals surface area contributed by atoms with Crippen molar-refractivity contribution in [2.75, 3.05) is 55.6 Å². The summed E-state index contributed by atoms with van der Waals surface area (Å²) < 4.78 is 30.8. The Labute approximate surface area is 229 Å². The highest BCUT2D eigenvalue weighted by atomic mass is 19.1. The van der Waals surface area contributed by atoms with E-state index in [0.29, 0.717) is 37.2 Å². The van der Waals surface area contributed by atoms with Crippen LogP contribution < -0.4 is 20.3 Å². The molecule has 1 saturated heterocycles. The molecule has 0 bridgehead atoms. The maximum Gasteiger partial charge on any atom is 0.323 e. The summed E-state index contributed by atoms with van der Waals surface area (Å²) in [6.45, 7) is 8.76. The molecule has 2 amide bonds. The number of nitrogens with one attached hydrogen (secondary N) is 2. The Kier molecular flexibility index (Phi) is 11.4. The first-order valence-electron chi connectivity index (χ1n) is 13.4. The van der Waals surface area contributed by atoms with Gasteiger partial charge in [-0.1, -0.05) is 19.9 Å². The van der Waals surface area contributed by atoms with Gasteiger partial charge in [-0.3, -0.25) is 4.79 Å². The third-order valence-corrected chi connectivity index (χ3v) is 6.53. The van der Waals surface area contributed by atoms with Gasteiger partial charge in [0.2, 0.25) is 0 Å². The first-order valence-corrected chi connectivity index (χ1v) is 13.4. The summed E-state index contributed by atoms with van der Waals surface area (Å²) in [5.74, 6) is -1.24. The molecule has 0 aromatic heterocycles. The Morgan fingerprint density at radius 3 is 2.46 bits per heavy atom. The van der Waals surface area contributed by atoms with Crippen molar-refractivity contribution < 1.29 is 33.3 Å². The predicted octanol–water partition coefficient (Wildman–Crippen LogP) is 5.71. The van der Waals surface area contributed by atoms with E-state index < -0.39 is 23.7 Å². The van der Waals surface area contributed by atoms with Crippen LogP contribution in [0.25, 0.3) is 0 Å². The van der Waals surface area contributed by atoms with Crippen LogP contribution in [0.2, 0.25) is 0 Å². The number of halogens is 1. The van der Waals surface area contributed by atoms with Crippen molar-refractivity contribution in [3.05, 3.63) is 47.8 Å². The van der Waals surface area contributed by atoms with Crippen molar-refractivity contribution in [2.24, 2.45) is 5.92 Å². The molecule has 0 saturated carbocycles. The fourth-order valence-electron chi connectivity index (χ4n) is 4.81. The molecular formula is C29H40FN3O6. The van der Waals surface area contributed by atoms with E-state index in [0.717, 1.165) is 30.6 Å². The van der Waals surface area contributed by atoms with Crippen molar-refractivity contribution in [3.63, 3.8) is 0 Å². The maximum absolute atomic E-state index is 14.6. The lowest BCUT2D eigenvalue weighted by atomic mass is 9.94. The van der Waals surface area contributed by atoms with Gasteiger partial charge < -0.3 is 34.9 Å². The summed E-state index contributed by atoms with van der Waals surface area (Å²) in [7, 11) is 1.52. The lowest BCUT2D eigenvalue weighted by molar-refractivity contribution is -0.137. The van der Waals surface area contributed by atoms with Crippen LogP contribution >= 0.6 is 0 Å². The summed E-state index contributed by atoms with van der Waals surface area (Å²) in [6.07, 6.45) is 1.58. The van der Waals surface area contributed by atoms with Gasteiger partial charge in [-0.05, 0) is 55.5 Å². The van der Waals surface area contributed by atoms with E-state index in [1.165, 1.54) is 19.2 Å². The predicted molar refractivity (Wildman–Crippen MR) is 150 cm³/mol. The number of urea groups is 1. The lowest BCUT2D eigenvalue weighted by Gasteiger charge is -2.38. The quantitative estimate of drug-likeness (QED) is 0.296. The van der Waals surface area contributed by atoms with Crippen molar-refractivity contribution in [3.8, 4) is 5.75 Å². The minimum absolute atomic E-state index is 0.0141. The highest BCUT2D eigenvalue weighted by Gasteiger charge is 2.26. The maximum atomic E-state index is 14.6. The van der Waals surface area contributed by atoms with Crippen molar-refractivity contribution in [1.82, 2.24) is 0 Å². The van der Waals surface area contributed by atoms with Crippen LogP contribution in [-0.4, -0.2) is 63.2 Å². The fourth-order valence-corrected chi connectivity index (χ4v) is 4.81. The third kappa shape index (κ3) is 8.83. The zero-order valence-electron chi connectivity index (χ0n) is 23.2. The number of hydrogen-bond donors (Lipinski definition) is 3. The van der Waals surface area contributed by atoms with Gasteiger partial charge in [-0.15, -0.1) is 0 Å². The molecule has 9 nitrogen and oxygen atoms in total. The first kappa shape index (κ1) is 30.2. The number of carboxylic acids is 1. The molecule has 214 valence electrons. The van der Waals surface area contributed by atoms with E-state index in [2.05, 4.69) is 29.4 Å². The number of methoxy groups -OCH3 is 1. The normalized spacial score (nSPS) is 14.6. The fraction of sp³-hybridized carbons (Fsp3) is 0.517. The summed E-state index contributed by atoms with van der Waals surface area (Å²) in [4.78, 5) is 26.9. The van der Waals surface area contributed by atoms with Crippen molar-refractivity contribution in [1.29, 1.82) is 0 Å². The molecule has 10 heteroatoms. The number of carboxylic acid groups (broad SMARTS) is 1. The van der Waals surface area contributed by atoms with E-state index in [-0.39, 0.29) is 24.8 Å². The Bertz CT molecular complexity index is 1110. The van der Waals surface area contributed by atoms with E-state index >= 15 is 0 Å². The van der Waals surface area contributed by atoms with Crippen molar-refractivity contribution in [2.45, 2.75) is 52.0 Å². The van der Waals surface area contributed by atoms with Gasteiger partial charge in [-0.25, -0.2) is 9.18 Å². The molecule has 1 unspecified atom stereocenters. The van der Waals surface area contributed by atoms with E-state index in [1.54, 1.807) is 19.1 Å². The summed E-state index contributed by atoms with van der Waals surface area (Å²) in [5.41, 5.74) is 2.06. The van der Waals surface area contributed by atoms with Crippen LogP contribution in [0.4, 0.5) is 26.2 Å². The zero-order valence-corrected chi connectivity index (χ0v) is 23.2. The van der Waals surface area contributed by atoms with Crippen LogP contribution in [0.3, 0.4) is 0 Å². The second-order valence-electron chi connectivity index (χ2n) is 10.1. The Morgan fingerprint density at radius 2 is 1.85 bits per heavy atom. The van der Waals surface area contributed by atoms with Gasteiger partial charge in [-0.2, -0.15) is 0 Å². The number of anilines is 3. The Balaban J connectivity index is 1.96. The number of benzene rings is 2. The molecule has 1 atom stereocenters. The number of rotatable bonds is 13. The second kappa shape index (κ2) is 14.7. The molecule has 39 heavy (non-hydrogen) atoms. The third-order valence-electron chi connectivity index (χ3n) is 6.53. The highest BCUT2D eigenvalue weighted by molar-refractivity contribution is 6.02. The molecule has 0 radical (unpaired) electrons. The van der Waals surface area contributed by atoms with Gasteiger partial charge >= 0.3 is 12.0 Å². The Morgan fingerprint density at radius 1 is 1.13 bits per heavy atom. The van der Waals surface area contributed by atoms with Crippen LogP contribution in [0.1, 0.15) is 51.5 Å². The largest absolute Gasteiger partial charge is 0.494 e. The smallest absolute Gasteiger partial charge is 0.323 e. The molecular weight excluding hydrogens is 505 g/mol. The van der Waals surface area contributed by atoms with E-state index in [9.17, 15) is 19.1 Å². The van der Waals surface area contributed by atoms with Gasteiger partial charge in [0.05, 0.1) is 36.7 Å². The summed E-state index contributed by atoms with van der Waals surface area (Å²) >= 11 is 0. The van der Waals surface area contributed by atoms with E-state index in [4.69, 9.17) is 14.2 Å². The number of carbonyl (C=O) groups excluding carboxylic acids is 1. The topological polar surface area (TPSA) is 109 Å². The number of ether oxygens (including phenoxy) is 3. The molecule has 0 spiro atoms. The molecule has 3 rings (SSSR count). The van der Waals surface area contributed by atoms with Gasteiger partial charge in [0.1, 0.15) is 11.6 Å². The number of hydrogen-bond acceptors (Lipinski definition) is 6. The minimum Gasteiger partial charge on any atom is -0.494 e. The Hall–Kier alpha value is -3.37. The highest BCUT2D eigenvalue weighted by Crippen LogP contribution is 2.35. The van der Waals surface area contributed by atoms with Gasteiger partial charge in [0, 0.05) is 44.9 Å². The number of nitrogens with zero attached hydrogens (tertiary/aromatic N) is 1. The number of carbonyl (C=O) groups is 2. The average molecular weight is 546 g/mol. The van der Waals surface area contributed by atoms with Gasteiger partial charge in [0.25, 0.3) is 0 Å². The molecule has 3 N–H and O–H groups in total. The van der Waals surface area contributed by atoms with E-state index in [1.807, 2.05) is 12.1 Å². The summed E-state index contributed by atoms with van der Waals surface area (Å²) in [5, 5.41) is 14.9. The number of amides is 2. The van der Waals surface area contributed by atoms with Crippen molar-refractivity contribution >= 4 is 29.1 Å². The lowest BCUT2D eigenvalue weighted by Crippen LogP contribution is -2.42. The molecule has 2 aromatic rings. The summed E-state index contributed by atoms with van der Waals surface area (Å²) in [6, 6.07) is 9.47.